The first-order valence-corrected chi connectivity index (χ1v) is 10.9. The van der Waals surface area contributed by atoms with Crippen molar-refractivity contribution < 1.29 is 9.13 Å². The molecule has 1 aromatic carbocycles. The van der Waals surface area contributed by atoms with Gasteiger partial charge >= 0.3 is 0 Å². The first kappa shape index (κ1) is 21.3. The van der Waals surface area contributed by atoms with Crippen LogP contribution in [0.25, 0.3) is 22.2 Å². The fourth-order valence-corrected chi connectivity index (χ4v) is 4.05. The number of nitrogens with zero attached hydrogens (tertiary/aromatic N) is 5. The second-order valence-corrected chi connectivity index (χ2v) is 8.25. The predicted molar refractivity (Wildman–Crippen MR) is 126 cm³/mol. The number of benzene rings is 1. The lowest BCUT2D eigenvalue weighted by Crippen LogP contribution is -2.43. The van der Waals surface area contributed by atoms with E-state index in [0.717, 1.165) is 54.9 Å². The van der Waals surface area contributed by atoms with Crippen LogP contribution in [0.2, 0.25) is 0 Å². The Morgan fingerprint density at radius 1 is 1.06 bits per heavy atom. The van der Waals surface area contributed by atoms with E-state index < -0.39 is 5.95 Å². The van der Waals surface area contributed by atoms with Gasteiger partial charge in [0, 0.05) is 61.9 Å². The van der Waals surface area contributed by atoms with Crippen LogP contribution < -0.4 is 10.1 Å². The lowest BCUT2D eigenvalue weighted by Gasteiger charge is -2.32. The molecule has 0 bridgehead atoms. The van der Waals surface area contributed by atoms with Crippen molar-refractivity contribution in [2.45, 2.75) is 6.54 Å². The quantitative estimate of drug-likeness (QED) is 0.437. The number of anilines is 2. The van der Waals surface area contributed by atoms with Gasteiger partial charge in [-0.2, -0.15) is 14.4 Å². The molecule has 0 radical (unpaired) electrons. The number of likely N-dealkylation sites (N-methyl/N-ethyl adjacent to an activating group) is 1. The van der Waals surface area contributed by atoms with Crippen LogP contribution in [0.5, 0.6) is 5.88 Å². The molecule has 0 unspecified atom stereocenters. The zero-order valence-electron chi connectivity index (χ0n) is 18.7. The summed E-state index contributed by atoms with van der Waals surface area (Å²) in [7, 11) is 3.73. The number of fused-ring (bicyclic) bond motifs is 1. The van der Waals surface area contributed by atoms with E-state index in [-0.39, 0.29) is 0 Å². The number of hydrogen-bond acceptors (Lipinski definition) is 7. The molecule has 0 spiro atoms. The van der Waals surface area contributed by atoms with Gasteiger partial charge in [-0.1, -0.05) is 12.1 Å². The predicted octanol–water partition coefficient (Wildman–Crippen LogP) is 3.66. The van der Waals surface area contributed by atoms with E-state index in [9.17, 15) is 4.39 Å². The lowest BCUT2D eigenvalue weighted by molar-refractivity contribution is 0.148. The molecule has 4 heterocycles. The van der Waals surface area contributed by atoms with Crippen molar-refractivity contribution in [1.29, 1.82) is 0 Å². The largest absolute Gasteiger partial charge is 0.480 e. The van der Waals surface area contributed by atoms with Crippen molar-refractivity contribution in [3.63, 3.8) is 0 Å². The number of aromatic nitrogens is 4. The van der Waals surface area contributed by atoms with E-state index in [4.69, 9.17) is 4.74 Å². The van der Waals surface area contributed by atoms with Crippen LogP contribution in [0.4, 0.5) is 16.0 Å². The molecule has 5 rings (SSSR count). The number of rotatable bonds is 6. The van der Waals surface area contributed by atoms with E-state index in [1.165, 1.54) is 17.8 Å². The second kappa shape index (κ2) is 9.13. The number of pyridine rings is 1. The molecule has 4 aromatic rings. The molecule has 3 aromatic heterocycles. The van der Waals surface area contributed by atoms with Crippen LogP contribution in [0.1, 0.15) is 5.56 Å². The van der Waals surface area contributed by atoms with E-state index >= 15 is 0 Å². The summed E-state index contributed by atoms with van der Waals surface area (Å²) >= 11 is 0. The minimum Gasteiger partial charge on any atom is -0.480 e. The average Bonchev–Trinajstić information content (AvgIpc) is 3.26. The maximum absolute atomic E-state index is 13.2. The van der Waals surface area contributed by atoms with Gasteiger partial charge in [-0.05, 0) is 36.9 Å². The van der Waals surface area contributed by atoms with E-state index in [1.807, 2.05) is 12.1 Å². The standard InChI is InChI=1S/C24H26FN7O/c1-31-9-11-32(12-10-31)15-16-3-6-18(7-4-16)28-24-29-22-21(23(30-24)33-2)19(14-27-22)17-5-8-20(25)26-13-17/h3-8,13-14H,9-12,15H2,1-2H3,(H2,27,28,29,30). The molecule has 8 nitrogen and oxygen atoms in total. The molecule has 1 aliphatic rings. The molecule has 0 atom stereocenters. The molecule has 1 saturated heterocycles. The molecule has 1 fully saturated rings. The first-order valence-electron chi connectivity index (χ1n) is 10.9. The Morgan fingerprint density at radius 2 is 1.85 bits per heavy atom. The number of piperazine rings is 1. The van der Waals surface area contributed by atoms with Gasteiger partial charge in [-0.25, -0.2) is 4.98 Å². The Hall–Kier alpha value is -3.56. The van der Waals surface area contributed by atoms with Crippen molar-refractivity contribution >= 4 is 22.7 Å². The summed E-state index contributed by atoms with van der Waals surface area (Å²) in [6.45, 7) is 5.36. The van der Waals surface area contributed by atoms with Crippen LogP contribution in [0, 0.1) is 5.95 Å². The molecular formula is C24H26FN7O. The van der Waals surface area contributed by atoms with Crippen LogP contribution in [-0.4, -0.2) is 70.1 Å². The minimum atomic E-state index is -0.525. The molecule has 170 valence electrons. The molecule has 33 heavy (non-hydrogen) atoms. The molecule has 0 amide bonds. The van der Waals surface area contributed by atoms with E-state index in [2.05, 4.69) is 54.2 Å². The lowest BCUT2D eigenvalue weighted by atomic mass is 10.1. The van der Waals surface area contributed by atoms with Gasteiger partial charge in [-0.3, -0.25) is 4.90 Å². The number of halogens is 1. The van der Waals surface area contributed by atoms with Crippen molar-refractivity contribution in [2.24, 2.45) is 0 Å². The van der Waals surface area contributed by atoms with Crippen molar-refractivity contribution in [3.05, 3.63) is 60.3 Å². The van der Waals surface area contributed by atoms with Crippen molar-refractivity contribution in [1.82, 2.24) is 29.7 Å². The van der Waals surface area contributed by atoms with Crippen LogP contribution >= 0.6 is 0 Å². The minimum absolute atomic E-state index is 0.426. The number of nitrogens with one attached hydrogen (secondary N) is 2. The molecular weight excluding hydrogens is 421 g/mol. The van der Waals surface area contributed by atoms with Crippen molar-refractivity contribution in [2.75, 3.05) is 45.7 Å². The summed E-state index contributed by atoms with van der Waals surface area (Å²) in [6.07, 6.45) is 3.28. The molecule has 1 aliphatic heterocycles. The average molecular weight is 448 g/mol. The van der Waals surface area contributed by atoms with Gasteiger partial charge in [0.25, 0.3) is 0 Å². The van der Waals surface area contributed by atoms with Crippen molar-refractivity contribution in [3.8, 4) is 17.0 Å². The topological polar surface area (TPSA) is 82.2 Å². The summed E-state index contributed by atoms with van der Waals surface area (Å²) in [5.41, 5.74) is 4.35. The normalized spacial score (nSPS) is 15.1. The van der Waals surface area contributed by atoms with E-state index in [1.54, 1.807) is 19.4 Å². The maximum atomic E-state index is 13.2. The summed E-state index contributed by atoms with van der Waals surface area (Å²) in [6, 6.07) is 11.3. The maximum Gasteiger partial charge on any atom is 0.232 e. The zero-order chi connectivity index (χ0) is 22.8. The van der Waals surface area contributed by atoms with Crippen LogP contribution in [0.15, 0.2) is 48.8 Å². The summed E-state index contributed by atoms with van der Waals surface area (Å²) in [4.78, 5) is 20.9. The molecule has 9 heteroatoms. The summed E-state index contributed by atoms with van der Waals surface area (Å²) in [5.74, 6) is 0.328. The van der Waals surface area contributed by atoms with Crippen LogP contribution in [-0.2, 0) is 6.54 Å². The Bertz CT molecular complexity index is 1230. The number of hydrogen-bond donors (Lipinski definition) is 2. The highest BCUT2D eigenvalue weighted by Gasteiger charge is 2.17. The zero-order valence-corrected chi connectivity index (χ0v) is 18.7. The third-order valence-electron chi connectivity index (χ3n) is 5.94. The summed E-state index contributed by atoms with van der Waals surface area (Å²) < 4.78 is 18.8. The van der Waals surface area contributed by atoms with Gasteiger partial charge in [0.1, 0.15) is 5.65 Å². The smallest absolute Gasteiger partial charge is 0.232 e. The number of aromatic amines is 1. The Kier molecular flexibility index (Phi) is 5.89. The highest BCUT2D eigenvalue weighted by atomic mass is 19.1. The second-order valence-electron chi connectivity index (χ2n) is 8.25. The van der Waals surface area contributed by atoms with Gasteiger partial charge in [0.2, 0.25) is 17.8 Å². The Morgan fingerprint density at radius 3 is 2.55 bits per heavy atom. The third kappa shape index (κ3) is 4.64. The Labute approximate surface area is 191 Å². The monoisotopic (exact) mass is 447 g/mol. The number of methoxy groups -OCH3 is 1. The fourth-order valence-electron chi connectivity index (χ4n) is 4.05. The highest BCUT2D eigenvalue weighted by Crippen LogP contribution is 2.34. The van der Waals surface area contributed by atoms with Gasteiger partial charge < -0.3 is 19.9 Å². The van der Waals surface area contributed by atoms with Crippen LogP contribution in [0.3, 0.4) is 0 Å². The number of ether oxygens (including phenoxy) is 1. The fraction of sp³-hybridized carbons (Fsp3) is 0.292. The molecule has 0 aliphatic carbocycles. The Balaban J connectivity index is 1.34. The summed E-state index contributed by atoms with van der Waals surface area (Å²) in [5, 5.41) is 3.98. The third-order valence-corrected chi connectivity index (χ3v) is 5.94. The first-order chi connectivity index (χ1) is 16.1. The highest BCUT2D eigenvalue weighted by molar-refractivity contribution is 5.97. The molecule has 0 saturated carbocycles. The molecule has 2 N–H and O–H groups in total. The van der Waals surface area contributed by atoms with Gasteiger partial charge in [0.05, 0.1) is 12.5 Å². The van der Waals surface area contributed by atoms with E-state index in [0.29, 0.717) is 17.5 Å². The van der Waals surface area contributed by atoms with Gasteiger partial charge in [0.15, 0.2) is 0 Å². The SMILES string of the molecule is COc1nc(Nc2ccc(CN3CCN(C)CC3)cc2)nc2[nH]cc(-c3ccc(F)nc3)c12. The van der Waals surface area contributed by atoms with Gasteiger partial charge in [-0.15, -0.1) is 0 Å². The number of H-pyrrole nitrogens is 1.